The molecule has 0 saturated carbocycles. The molecule has 1 aromatic heterocycles. The summed E-state index contributed by atoms with van der Waals surface area (Å²) in [5, 5.41) is 5.31. The number of amides is 1. The Bertz CT molecular complexity index is 919. The maximum absolute atomic E-state index is 14.5. The molecule has 1 aromatic carbocycles. The van der Waals surface area contributed by atoms with Gasteiger partial charge in [0.25, 0.3) is 0 Å². The van der Waals surface area contributed by atoms with Crippen LogP contribution in [-0.4, -0.2) is 25.1 Å². The summed E-state index contributed by atoms with van der Waals surface area (Å²) >= 11 is 0. The van der Waals surface area contributed by atoms with Gasteiger partial charge in [0.15, 0.2) is 5.82 Å². The fraction of sp³-hybridized carbons (Fsp3) is 0.294. The fourth-order valence-electron chi connectivity index (χ4n) is 2.27. The van der Waals surface area contributed by atoms with E-state index in [-0.39, 0.29) is 29.5 Å². The molecular weight excluding hydrogens is 378 g/mol. The molecule has 0 aliphatic carbocycles. The van der Waals surface area contributed by atoms with Crippen LogP contribution in [0.2, 0.25) is 0 Å². The number of hydrogen-bond donors (Lipinski definition) is 3. The van der Waals surface area contributed by atoms with E-state index in [1.165, 1.54) is 19.2 Å². The van der Waals surface area contributed by atoms with Crippen molar-refractivity contribution in [1.82, 2.24) is 4.98 Å². The average Bonchev–Trinajstić information content (AvgIpc) is 2.58. The van der Waals surface area contributed by atoms with E-state index >= 15 is 0 Å². The third-order valence-electron chi connectivity index (χ3n) is 3.46. The third-order valence-corrected chi connectivity index (χ3v) is 4.94. The molecule has 0 saturated heterocycles. The van der Waals surface area contributed by atoms with Crippen molar-refractivity contribution in [3.8, 4) is 0 Å². The van der Waals surface area contributed by atoms with Crippen LogP contribution in [-0.2, 0) is 21.4 Å². The number of sulfonamides is 1. The Morgan fingerprint density at radius 1 is 1.19 bits per heavy atom. The summed E-state index contributed by atoms with van der Waals surface area (Å²) < 4.78 is 54.3. The van der Waals surface area contributed by atoms with E-state index in [2.05, 4.69) is 20.3 Å². The molecule has 7 nitrogen and oxygen atoms in total. The second-order valence-corrected chi connectivity index (χ2v) is 7.62. The van der Waals surface area contributed by atoms with Gasteiger partial charge in [-0.1, -0.05) is 6.92 Å². The van der Waals surface area contributed by atoms with Crippen molar-refractivity contribution in [2.24, 2.45) is 0 Å². The van der Waals surface area contributed by atoms with Gasteiger partial charge < -0.3 is 10.6 Å². The minimum absolute atomic E-state index is 0.163. The fourth-order valence-corrected chi connectivity index (χ4v) is 3.40. The zero-order valence-corrected chi connectivity index (χ0v) is 15.7. The molecule has 0 atom stereocenters. The standard InChI is InChI=1S/C17H20F2N4O3S/c1-3-8-27(25,26)23-15-6-5-14(18)13(17(15)19)10-20-12-4-7-16(21-9-12)22-11(2)24/h4-7,9,20,23H,3,8,10H2,1-2H3,(H,21,22,24). The topological polar surface area (TPSA) is 100 Å². The van der Waals surface area contributed by atoms with Crippen molar-refractivity contribution in [2.75, 3.05) is 21.1 Å². The summed E-state index contributed by atoms with van der Waals surface area (Å²) in [5.41, 5.74) is -0.140. The average molecular weight is 398 g/mol. The molecule has 0 spiro atoms. The first-order chi connectivity index (χ1) is 12.7. The highest BCUT2D eigenvalue weighted by Gasteiger charge is 2.17. The van der Waals surface area contributed by atoms with E-state index in [1.54, 1.807) is 13.0 Å². The lowest BCUT2D eigenvalue weighted by Gasteiger charge is -2.13. The van der Waals surface area contributed by atoms with Gasteiger partial charge in [0.1, 0.15) is 11.6 Å². The third kappa shape index (κ3) is 5.88. The van der Waals surface area contributed by atoms with Crippen LogP contribution >= 0.6 is 0 Å². The largest absolute Gasteiger partial charge is 0.379 e. The van der Waals surface area contributed by atoms with Crippen LogP contribution in [0.3, 0.4) is 0 Å². The zero-order chi connectivity index (χ0) is 20.0. The van der Waals surface area contributed by atoms with Crippen molar-refractivity contribution in [2.45, 2.75) is 26.8 Å². The van der Waals surface area contributed by atoms with E-state index in [4.69, 9.17) is 0 Å². The summed E-state index contributed by atoms with van der Waals surface area (Å²) in [6.07, 6.45) is 1.77. The molecule has 10 heteroatoms. The second-order valence-electron chi connectivity index (χ2n) is 5.78. The van der Waals surface area contributed by atoms with Gasteiger partial charge in [-0.3, -0.25) is 9.52 Å². The summed E-state index contributed by atoms with van der Waals surface area (Å²) in [6, 6.07) is 5.17. The zero-order valence-electron chi connectivity index (χ0n) is 14.8. The number of benzene rings is 1. The van der Waals surface area contributed by atoms with Crippen LogP contribution in [0.4, 0.5) is 26.0 Å². The monoisotopic (exact) mass is 398 g/mol. The predicted octanol–water partition coefficient (Wildman–Crippen LogP) is 3.08. The van der Waals surface area contributed by atoms with Crippen LogP contribution < -0.4 is 15.4 Å². The molecular formula is C17H20F2N4O3S. The molecule has 0 bridgehead atoms. The summed E-state index contributed by atoms with van der Waals surface area (Å²) in [4.78, 5) is 14.9. The van der Waals surface area contributed by atoms with E-state index < -0.39 is 21.7 Å². The van der Waals surface area contributed by atoms with Gasteiger partial charge in [-0.25, -0.2) is 22.2 Å². The SMILES string of the molecule is CCCS(=O)(=O)Nc1ccc(F)c(CNc2ccc(NC(C)=O)nc2)c1F. The van der Waals surface area contributed by atoms with Gasteiger partial charge in [0.2, 0.25) is 15.9 Å². The maximum atomic E-state index is 14.5. The van der Waals surface area contributed by atoms with Gasteiger partial charge in [-0.15, -0.1) is 0 Å². The minimum Gasteiger partial charge on any atom is -0.379 e. The Hall–Kier alpha value is -2.75. The van der Waals surface area contributed by atoms with Crippen molar-refractivity contribution >= 4 is 33.1 Å². The Balaban J connectivity index is 2.14. The first kappa shape index (κ1) is 20.6. The lowest BCUT2D eigenvalue weighted by molar-refractivity contribution is -0.114. The molecule has 0 unspecified atom stereocenters. The van der Waals surface area contributed by atoms with Gasteiger partial charge in [0.05, 0.1) is 23.3 Å². The number of rotatable bonds is 8. The number of carbonyl (C=O) groups excluding carboxylic acids is 1. The molecule has 1 heterocycles. The second kappa shape index (κ2) is 8.76. The van der Waals surface area contributed by atoms with E-state index in [0.717, 1.165) is 12.1 Å². The van der Waals surface area contributed by atoms with Crippen molar-refractivity contribution in [1.29, 1.82) is 0 Å². The predicted molar refractivity (Wildman–Crippen MR) is 99.9 cm³/mol. The number of nitrogens with one attached hydrogen (secondary N) is 3. The number of hydrogen-bond acceptors (Lipinski definition) is 5. The van der Waals surface area contributed by atoms with E-state index in [9.17, 15) is 22.0 Å². The lowest BCUT2D eigenvalue weighted by atomic mass is 10.1. The van der Waals surface area contributed by atoms with E-state index in [0.29, 0.717) is 17.9 Å². The first-order valence-electron chi connectivity index (χ1n) is 8.16. The van der Waals surface area contributed by atoms with Crippen LogP contribution in [0.25, 0.3) is 0 Å². The number of anilines is 3. The molecule has 2 aromatic rings. The molecule has 0 aliphatic rings. The van der Waals surface area contributed by atoms with Crippen molar-refractivity contribution in [3.63, 3.8) is 0 Å². The lowest BCUT2D eigenvalue weighted by Crippen LogP contribution is -2.18. The molecule has 27 heavy (non-hydrogen) atoms. The van der Waals surface area contributed by atoms with Crippen molar-refractivity contribution in [3.05, 3.63) is 47.7 Å². The Morgan fingerprint density at radius 2 is 1.93 bits per heavy atom. The number of nitrogens with zero attached hydrogens (tertiary/aromatic N) is 1. The number of halogens is 2. The summed E-state index contributed by atoms with van der Waals surface area (Å²) in [5.74, 6) is -1.87. The van der Waals surface area contributed by atoms with Gasteiger partial charge in [-0.05, 0) is 30.7 Å². The Morgan fingerprint density at radius 3 is 2.52 bits per heavy atom. The van der Waals surface area contributed by atoms with Gasteiger partial charge >= 0.3 is 0 Å². The smallest absolute Gasteiger partial charge is 0.232 e. The Kier molecular flexibility index (Phi) is 6.67. The van der Waals surface area contributed by atoms with Gasteiger partial charge in [-0.2, -0.15) is 0 Å². The molecule has 146 valence electrons. The number of pyridine rings is 1. The first-order valence-corrected chi connectivity index (χ1v) is 9.82. The number of aromatic nitrogens is 1. The quantitative estimate of drug-likeness (QED) is 0.635. The molecule has 0 aliphatic heterocycles. The summed E-state index contributed by atoms with van der Waals surface area (Å²) in [6.45, 7) is 2.81. The molecule has 1 amide bonds. The summed E-state index contributed by atoms with van der Waals surface area (Å²) in [7, 11) is -3.70. The highest BCUT2D eigenvalue weighted by molar-refractivity contribution is 7.92. The molecule has 0 radical (unpaired) electrons. The molecule has 2 rings (SSSR count). The molecule has 3 N–H and O–H groups in total. The van der Waals surface area contributed by atoms with Crippen molar-refractivity contribution < 1.29 is 22.0 Å². The van der Waals surface area contributed by atoms with E-state index in [1.807, 2.05) is 0 Å². The minimum atomic E-state index is -3.70. The highest BCUT2D eigenvalue weighted by atomic mass is 32.2. The maximum Gasteiger partial charge on any atom is 0.232 e. The van der Waals surface area contributed by atoms with Crippen LogP contribution in [0.1, 0.15) is 25.8 Å². The van der Waals surface area contributed by atoms with Crippen LogP contribution in [0, 0.1) is 11.6 Å². The Labute approximate surface area is 156 Å². The normalized spacial score (nSPS) is 11.1. The van der Waals surface area contributed by atoms with Gasteiger partial charge in [0, 0.05) is 19.0 Å². The number of carbonyl (C=O) groups is 1. The van der Waals surface area contributed by atoms with Crippen LogP contribution in [0.5, 0.6) is 0 Å². The van der Waals surface area contributed by atoms with Crippen LogP contribution in [0.15, 0.2) is 30.5 Å². The highest BCUT2D eigenvalue weighted by Crippen LogP contribution is 2.23. The molecule has 0 fully saturated rings.